The van der Waals surface area contributed by atoms with Crippen LogP contribution in [0.1, 0.15) is 41.1 Å². The van der Waals surface area contributed by atoms with Crippen LogP contribution in [0.5, 0.6) is 0 Å². The third-order valence-corrected chi connectivity index (χ3v) is 3.41. The van der Waals surface area contributed by atoms with Crippen LogP contribution in [0.3, 0.4) is 0 Å². The van der Waals surface area contributed by atoms with Crippen LogP contribution >= 0.6 is 0 Å². The van der Waals surface area contributed by atoms with Gasteiger partial charge in [0.1, 0.15) is 5.82 Å². The largest absolute Gasteiger partial charge is 0.393 e. The maximum Gasteiger partial charge on any atom is 0.254 e. The van der Waals surface area contributed by atoms with E-state index in [0.29, 0.717) is 29.5 Å². The molecule has 2 rings (SSSR count). The normalized spacial score (nSPS) is 23.1. The Morgan fingerprint density at radius 1 is 1.50 bits per heavy atom. The molecule has 5 nitrogen and oxygen atoms in total. The Hall–Kier alpha value is -1.49. The van der Waals surface area contributed by atoms with Crippen molar-refractivity contribution in [3.63, 3.8) is 0 Å². The predicted molar refractivity (Wildman–Crippen MR) is 67.2 cm³/mol. The van der Waals surface area contributed by atoms with Gasteiger partial charge in [0.05, 0.1) is 17.4 Å². The molecule has 98 valence electrons. The van der Waals surface area contributed by atoms with Crippen LogP contribution in [0.4, 0.5) is 0 Å². The minimum Gasteiger partial charge on any atom is -0.393 e. The number of nitrogens with one attached hydrogen (secondary N) is 1. The van der Waals surface area contributed by atoms with E-state index in [-0.39, 0.29) is 12.0 Å². The van der Waals surface area contributed by atoms with Crippen molar-refractivity contribution in [2.24, 2.45) is 5.92 Å². The maximum absolute atomic E-state index is 12.0. The van der Waals surface area contributed by atoms with Gasteiger partial charge in [0, 0.05) is 12.7 Å². The number of rotatable bonds is 3. The smallest absolute Gasteiger partial charge is 0.254 e. The molecule has 0 saturated heterocycles. The first-order valence-electron chi connectivity index (χ1n) is 6.32. The molecule has 1 aliphatic carbocycles. The third kappa shape index (κ3) is 3.04. The number of aliphatic hydroxyl groups is 1. The highest BCUT2D eigenvalue weighted by atomic mass is 16.3. The van der Waals surface area contributed by atoms with Crippen LogP contribution in [0.25, 0.3) is 0 Å². The summed E-state index contributed by atoms with van der Waals surface area (Å²) in [6, 6.07) is 0. The van der Waals surface area contributed by atoms with Gasteiger partial charge in [-0.05, 0) is 39.0 Å². The Bertz CT molecular complexity index is 448. The molecule has 0 radical (unpaired) electrons. The molecule has 2 unspecified atom stereocenters. The van der Waals surface area contributed by atoms with Crippen molar-refractivity contribution >= 4 is 5.91 Å². The molecule has 2 N–H and O–H groups in total. The van der Waals surface area contributed by atoms with Gasteiger partial charge in [0.25, 0.3) is 5.91 Å². The lowest BCUT2D eigenvalue weighted by Crippen LogP contribution is -2.29. The van der Waals surface area contributed by atoms with Gasteiger partial charge in [-0.3, -0.25) is 4.79 Å². The predicted octanol–water partition coefficient (Wildman–Crippen LogP) is 0.984. The van der Waals surface area contributed by atoms with Crippen LogP contribution in [0.15, 0.2) is 6.20 Å². The van der Waals surface area contributed by atoms with E-state index in [0.717, 1.165) is 19.3 Å². The van der Waals surface area contributed by atoms with Gasteiger partial charge in [-0.25, -0.2) is 9.97 Å². The molecule has 0 spiro atoms. The number of aliphatic hydroxyl groups excluding tert-OH is 1. The highest BCUT2D eigenvalue weighted by molar-refractivity contribution is 5.94. The molecule has 1 heterocycles. The van der Waals surface area contributed by atoms with Crippen molar-refractivity contribution in [2.45, 2.75) is 39.2 Å². The van der Waals surface area contributed by atoms with E-state index in [2.05, 4.69) is 15.3 Å². The minimum atomic E-state index is -0.198. The molecule has 1 fully saturated rings. The monoisotopic (exact) mass is 249 g/mol. The number of aromatic nitrogens is 2. The van der Waals surface area contributed by atoms with Gasteiger partial charge in [-0.2, -0.15) is 0 Å². The molecule has 0 aliphatic heterocycles. The number of carbonyl (C=O) groups excluding carboxylic acids is 1. The summed E-state index contributed by atoms with van der Waals surface area (Å²) in [7, 11) is 0. The van der Waals surface area contributed by atoms with Crippen molar-refractivity contribution in [2.75, 3.05) is 6.54 Å². The van der Waals surface area contributed by atoms with Crippen molar-refractivity contribution in [1.29, 1.82) is 0 Å². The zero-order valence-electron chi connectivity index (χ0n) is 10.8. The van der Waals surface area contributed by atoms with Crippen molar-refractivity contribution in [1.82, 2.24) is 15.3 Å². The summed E-state index contributed by atoms with van der Waals surface area (Å²) < 4.78 is 0. The molecule has 1 aliphatic rings. The summed E-state index contributed by atoms with van der Waals surface area (Å²) in [5.41, 5.74) is 1.23. The summed E-state index contributed by atoms with van der Waals surface area (Å²) in [6.45, 7) is 4.22. The van der Waals surface area contributed by atoms with Crippen LogP contribution < -0.4 is 5.32 Å². The fourth-order valence-electron chi connectivity index (χ4n) is 2.37. The summed E-state index contributed by atoms with van der Waals surface area (Å²) in [4.78, 5) is 20.2. The van der Waals surface area contributed by atoms with E-state index in [1.807, 2.05) is 6.92 Å². The van der Waals surface area contributed by atoms with E-state index in [1.54, 1.807) is 13.1 Å². The Morgan fingerprint density at radius 2 is 2.28 bits per heavy atom. The lowest BCUT2D eigenvalue weighted by Gasteiger charge is -2.11. The van der Waals surface area contributed by atoms with E-state index in [4.69, 9.17) is 0 Å². The molecule has 5 heteroatoms. The number of hydrogen-bond donors (Lipinski definition) is 2. The molecular weight excluding hydrogens is 230 g/mol. The molecule has 1 amide bonds. The minimum absolute atomic E-state index is 0.131. The molecule has 0 bridgehead atoms. The molecule has 1 saturated carbocycles. The highest BCUT2D eigenvalue weighted by Crippen LogP contribution is 2.24. The van der Waals surface area contributed by atoms with Gasteiger partial charge < -0.3 is 10.4 Å². The fourth-order valence-corrected chi connectivity index (χ4v) is 2.37. The lowest BCUT2D eigenvalue weighted by atomic mass is 10.1. The summed E-state index contributed by atoms with van der Waals surface area (Å²) >= 11 is 0. The fraction of sp³-hybridized carbons (Fsp3) is 0.615. The molecule has 1 aromatic rings. The van der Waals surface area contributed by atoms with Crippen LogP contribution in [-0.2, 0) is 0 Å². The van der Waals surface area contributed by atoms with Gasteiger partial charge >= 0.3 is 0 Å². The molecule has 0 aromatic carbocycles. The van der Waals surface area contributed by atoms with E-state index in [9.17, 15) is 9.90 Å². The van der Waals surface area contributed by atoms with Crippen molar-refractivity contribution in [3.8, 4) is 0 Å². The number of amides is 1. The number of hydrogen-bond acceptors (Lipinski definition) is 4. The second kappa shape index (κ2) is 5.44. The second-order valence-electron chi connectivity index (χ2n) is 4.96. The molecular formula is C13H19N3O2. The third-order valence-electron chi connectivity index (χ3n) is 3.41. The van der Waals surface area contributed by atoms with E-state index >= 15 is 0 Å². The van der Waals surface area contributed by atoms with Crippen LogP contribution in [-0.4, -0.2) is 33.6 Å². The molecule has 18 heavy (non-hydrogen) atoms. The van der Waals surface area contributed by atoms with Crippen LogP contribution in [0, 0.1) is 19.8 Å². The van der Waals surface area contributed by atoms with Gasteiger partial charge in [-0.15, -0.1) is 0 Å². The van der Waals surface area contributed by atoms with Crippen molar-refractivity contribution < 1.29 is 9.90 Å². The van der Waals surface area contributed by atoms with Gasteiger partial charge in [0.15, 0.2) is 0 Å². The quantitative estimate of drug-likeness (QED) is 0.837. The zero-order chi connectivity index (χ0) is 13.1. The van der Waals surface area contributed by atoms with Gasteiger partial charge in [-0.1, -0.05) is 0 Å². The van der Waals surface area contributed by atoms with Crippen molar-refractivity contribution in [3.05, 3.63) is 23.3 Å². The summed E-state index contributed by atoms with van der Waals surface area (Å²) in [5.74, 6) is 0.924. The number of aryl methyl sites for hydroxylation is 2. The average Bonchev–Trinajstić information content (AvgIpc) is 2.72. The Balaban J connectivity index is 1.91. The SMILES string of the molecule is Cc1ncc(C(=O)NCC2CCC(O)C2)c(C)n1. The zero-order valence-corrected chi connectivity index (χ0v) is 10.8. The lowest BCUT2D eigenvalue weighted by molar-refractivity contribution is 0.0943. The highest BCUT2D eigenvalue weighted by Gasteiger charge is 2.23. The summed E-state index contributed by atoms with van der Waals surface area (Å²) in [5, 5.41) is 12.3. The first-order chi connectivity index (χ1) is 8.56. The van der Waals surface area contributed by atoms with Crippen LogP contribution in [0.2, 0.25) is 0 Å². The second-order valence-corrected chi connectivity index (χ2v) is 4.96. The first-order valence-corrected chi connectivity index (χ1v) is 6.32. The Morgan fingerprint density at radius 3 is 2.89 bits per heavy atom. The molecule has 2 atom stereocenters. The Kier molecular flexibility index (Phi) is 3.91. The van der Waals surface area contributed by atoms with Gasteiger partial charge in [0.2, 0.25) is 0 Å². The van der Waals surface area contributed by atoms with E-state index in [1.165, 1.54) is 0 Å². The Labute approximate surface area is 107 Å². The maximum atomic E-state index is 12.0. The van der Waals surface area contributed by atoms with E-state index < -0.39 is 0 Å². The first kappa shape index (κ1) is 13.0. The average molecular weight is 249 g/mol. The summed E-state index contributed by atoms with van der Waals surface area (Å²) in [6.07, 6.45) is 3.97. The number of carbonyl (C=O) groups is 1. The molecule has 1 aromatic heterocycles. The topological polar surface area (TPSA) is 75.1 Å². The standard InChI is InChI=1S/C13H19N3O2/c1-8-12(7-14-9(2)16-8)13(18)15-6-10-3-4-11(17)5-10/h7,10-11,17H,3-6H2,1-2H3,(H,15,18). The number of nitrogens with zero attached hydrogens (tertiary/aromatic N) is 2.